The van der Waals surface area contributed by atoms with Crippen LogP contribution in [0.2, 0.25) is 5.02 Å². The Labute approximate surface area is 111 Å². The molecule has 0 radical (unpaired) electrons. The fraction of sp³-hybridized carbons (Fsp3) is 0.231. The number of ether oxygens (including phenoxy) is 1. The number of nitrogens with zero attached hydrogens (tertiary/aromatic N) is 2. The maximum Gasteiger partial charge on any atom is 0.222 e. The highest BCUT2D eigenvalue weighted by atomic mass is 35.5. The summed E-state index contributed by atoms with van der Waals surface area (Å²) in [6.45, 7) is 2.74. The van der Waals surface area contributed by atoms with E-state index in [0.717, 1.165) is 17.7 Å². The van der Waals surface area contributed by atoms with E-state index in [2.05, 4.69) is 15.3 Å². The fourth-order valence-electron chi connectivity index (χ4n) is 1.59. The quantitative estimate of drug-likeness (QED) is 0.921. The number of hydrogen-bond acceptors (Lipinski definition) is 4. The molecular formula is C13H14ClN3O. The molecule has 2 aromatic heterocycles. The molecule has 4 nitrogen and oxygen atoms in total. The van der Waals surface area contributed by atoms with Crippen LogP contribution in [0.4, 0.5) is 0 Å². The van der Waals surface area contributed by atoms with E-state index in [-0.39, 0.29) is 0 Å². The molecule has 0 fully saturated rings. The molecule has 1 N–H and O–H groups in total. The van der Waals surface area contributed by atoms with Crippen molar-refractivity contribution in [2.24, 2.45) is 0 Å². The molecule has 18 heavy (non-hydrogen) atoms. The van der Waals surface area contributed by atoms with Gasteiger partial charge in [0.1, 0.15) is 5.75 Å². The summed E-state index contributed by atoms with van der Waals surface area (Å²) < 4.78 is 5.64. The first-order chi connectivity index (χ1) is 8.69. The Bertz CT molecular complexity index is 546. The van der Waals surface area contributed by atoms with E-state index in [1.807, 2.05) is 20.0 Å². The number of nitrogens with one attached hydrogen (secondary N) is 1. The molecule has 2 rings (SSSR count). The van der Waals surface area contributed by atoms with Gasteiger partial charge in [0, 0.05) is 30.6 Å². The minimum Gasteiger partial charge on any atom is -0.437 e. The second kappa shape index (κ2) is 5.80. The largest absolute Gasteiger partial charge is 0.437 e. The number of hydrogen-bond donors (Lipinski definition) is 1. The molecule has 0 bridgehead atoms. The number of pyridine rings is 2. The van der Waals surface area contributed by atoms with Crippen LogP contribution in [-0.4, -0.2) is 17.0 Å². The summed E-state index contributed by atoms with van der Waals surface area (Å²) in [5, 5.41) is 3.62. The van der Waals surface area contributed by atoms with Gasteiger partial charge in [0.15, 0.2) is 0 Å². The summed E-state index contributed by atoms with van der Waals surface area (Å²) in [7, 11) is 1.90. The molecule has 0 aliphatic rings. The van der Waals surface area contributed by atoms with Gasteiger partial charge in [-0.3, -0.25) is 4.98 Å². The third-order valence-corrected chi connectivity index (χ3v) is 2.57. The molecule has 0 amide bonds. The van der Waals surface area contributed by atoms with Crippen LogP contribution in [0.5, 0.6) is 11.6 Å². The van der Waals surface area contributed by atoms with Gasteiger partial charge < -0.3 is 10.1 Å². The molecule has 0 aliphatic heterocycles. The Morgan fingerprint density at radius 2 is 2.11 bits per heavy atom. The van der Waals surface area contributed by atoms with Gasteiger partial charge in [0.25, 0.3) is 0 Å². The smallest absolute Gasteiger partial charge is 0.222 e. The Morgan fingerprint density at radius 3 is 2.78 bits per heavy atom. The van der Waals surface area contributed by atoms with Gasteiger partial charge in [-0.15, -0.1) is 0 Å². The second-order valence-electron chi connectivity index (χ2n) is 3.94. The normalized spacial score (nSPS) is 10.4. The summed E-state index contributed by atoms with van der Waals surface area (Å²) in [6.07, 6.45) is 4.95. The molecule has 0 saturated carbocycles. The Morgan fingerprint density at radius 1 is 1.28 bits per heavy atom. The van der Waals surface area contributed by atoms with E-state index in [0.29, 0.717) is 16.7 Å². The first kappa shape index (κ1) is 12.8. The van der Waals surface area contributed by atoms with Crippen LogP contribution >= 0.6 is 11.6 Å². The van der Waals surface area contributed by atoms with Gasteiger partial charge in [-0.1, -0.05) is 11.6 Å². The molecule has 0 atom stereocenters. The van der Waals surface area contributed by atoms with Crippen LogP contribution in [0, 0.1) is 6.92 Å². The first-order valence-corrected chi connectivity index (χ1v) is 5.95. The average Bonchev–Trinajstić information content (AvgIpc) is 2.33. The van der Waals surface area contributed by atoms with Crippen molar-refractivity contribution in [3.63, 3.8) is 0 Å². The Hall–Kier alpha value is -1.65. The van der Waals surface area contributed by atoms with Crippen molar-refractivity contribution in [3.8, 4) is 11.6 Å². The lowest BCUT2D eigenvalue weighted by molar-refractivity contribution is 0.456. The van der Waals surface area contributed by atoms with E-state index in [4.69, 9.17) is 16.3 Å². The molecule has 94 valence electrons. The zero-order chi connectivity index (χ0) is 13.0. The van der Waals surface area contributed by atoms with Gasteiger partial charge in [0.2, 0.25) is 5.88 Å². The van der Waals surface area contributed by atoms with E-state index in [1.54, 1.807) is 24.7 Å². The van der Waals surface area contributed by atoms with Gasteiger partial charge in [-0.05, 0) is 25.6 Å². The second-order valence-corrected chi connectivity index (χ2v) is 4.37. The highest BCUT2D eigenvalue weighted by molar-refractivity contribution is 6.30. The summed E-state index contributed by atoms with van der Waals surface area (Å²) in [4.78, 5) is 8.25. The lowest BCUT2D eigenvalue weighted by Crippen LogP contribution is -2.06. The summed E-state index contributed by atoms with van der Waals surface area (Å²) in [5.41, 5.74) is 2.09. The molecule has 0 spiro atoms. The zero-order valence-corrected chi connectivity index (χ0v) is 11.0. The minimum absolute atomic E-state index is 0.539. The summed E-state index contributed by atoms with van der Waals surface area (Å²) in [6, 6.07) is 3.74. The van der Waals surface area contributed by atoms with Crippen molar-refractivity contribution in [2.75, 3.05) is 7.05 Å². The minimum atomic E-state index is 0.539. The van der Waals surface area contributed by atoms with Crippen LogP contribution in [0.25, 0.3) is 0 Å². The first-order valence-electron chi connectivity index (χ1n) is 5.57. The van der Waals surface area contributed by atoms with E-state index in [1.165, 1.54) is 0 Å². The van der Waals surface area contributed by atoms with Crippen molar-refractivity contribution in [1.29, 1.82) is 0 Å². The third-order valence-electron chi connectivity index (χ3n) is 2.36. The molecule has 2 heterocycles. The fourth-order valence-corrected chi connectivity index (χ4v) is 1.75. The Balaban J connectivity index is 2.19. The molecule has 0 unspecified atom stereocenters. The number of rotatable bonds is 4. The molecule has 0 saturated heterocycles. The Kier molecular flexibility index (Phi) is 4.12. The standard InChI is InChI=1S/C13H14ClN3O/c1-9-3-10(5-15-2)6-17-13(9)18-12-4-11(14)7-16-8-12/h3-4,6-8,15H,5H2,1-2H3. The lowest BCUT2D eigenvalue weighted by Gasteiger charge is -2.08. The maximum atomic E-state index is 5.85. The third kappa shape index (κ3) is 3.18. The number of halogens is 1. The van der Waals surface area contributed by atoms with Gasteiger partial charge >= 0.3 is 0 Å². The predicted molar refractivity (Wildman–Crippen MR) is 71.1 cm³/mol. The van der Waals surface area contributed by atoms with Crippen LogP contribution in [-0.2, 0) is 6.54 Å². The zero-order valence-electron chi connectivity index (χ0n) is 10.3. The van der Waals surface area contributed by atoms with Gasteiger partial charge in [0.05, 0.1) is 11.2 Å². The van der Waals surface area contributed by atoms with E-state index in [9.17, 15) is 0 Å². The summed E-state index contributed by atoms with van der Waals surface area (Å²) in [5.74, 6) is 1.15. The molecule has 0 aromatic carbocycles. The van der Waals surface area contributed by atoms with Gasteiger partial charge in [-0.2, -0.15) is 0 Å². The van der Waals surface area contributed by atoms with Crippen molar-refractivity contribution in [2.45, 2.75) is 13.5 Å². The van der Waals surface area contributed by atoms with Crippen molar-refractivity contribution >= 4 is 11.6 Å². The van der Waals surface area contributed by atoms with Crippen LogP contribution < -0.4 is 10.1 Å². The van der Waals surface area contributed by atoms with E-state index < -0.39 is 0 Å². The van der Waals surface area contributed by atoms with Crippen molar-refractivity contribution < 1.29 is 4.74 Å². The highest BCUT2D eigenvalue weighted by Gasteiger charge is 2.05. The number of aryl methyl sites for hydroxylation is 1. The monoisotopic (exact) mass is 263 g/mol. The maximum absolute atomic E-state index is 5.85. The number of aromatic nitrogens is 2. The van der Waals surface area contributed by atoms with Crippen LogP contribution in [0.3, 0.4) is 0 Å². The van der Waals surface area contributed by atoms with Crippen molar-refractivity contribution in [3.05, 3.63) is 46.9 Å². The van der Waals surface area contributed by atoms with Crippen LogP contribution in [0.15, 0.2) is 30.7 Å². The van der Waals surface area contributed by atoms with Crippen LogP contribution in [0.1, 0.15) is 11.1 Å². The summed E-state index contributed by atoms with van der Waals surface area (Å²) >= 11 is 5.85. The average molecular weight is 264 g/mol. The molecular weight excluding hydrogens is 250 g/mol. The van der Waals surface area contributed by atoms with Gasteiger partial charge in [-0.25, -0.2) is 4.98 Å². The van der Waals surface area contributed by atoms with E-state index >= 15 is 0 Å². The highest BCUT2D eigenvalue weighted by Crippen LogP contribution is 2.24. The lowest BCUT2D eigenvalue weighted by atomic mass is 10.2. The molecule has 2 aromatic rings. The molecule has 5 heteroatoms. The molecule has 0 aliphatic carbocycles. The topological polar surface area (TPSA) is 47.0 Å². The SMILES string of the molecule is CNCc1cnc(Oc2cncc(Cl)c2)c(C)c1. The van der Waals surface area contributed by atoms with Crippen molar-refractivity contribution in [1.82, 2.24) is 15.3 Å². The predicted octanol–water partition coefficient (Wildman–Crippen LogP) is 2.95.